The molecule has 28 heavy (non-hydrogen) atoms. The Bertz CT molecular complexity index is 1020. The molecule has 0 radical (unpaired) electrons. The second-order valence-electron chi connectivity index (χ2n) is 6.24. The van der Waals surface area contributed by atoms with Crippen LogP contribution >= 0.6 is 23.1 Å². The molecule has 2 aromatic carbocycles. The van der Waals surface area contributed by atoms with Crippen molar-refractivity contribution in [1.82, 2.24) is 10.2 Å². The summed E-state index contributed by atoms with van der Waals surface area (Å²) in [6.45, 7) is 2.24. The molecule has 1 aliphatic heterocycles. The van der Waals surface area contributed by atoms with Gasteiger partial charge >= 0.3 is 0 Å². The Hall–Kier alpha value is -2.36. The third-order valence-corrected chi connectivity index (χ3v) is 6.62. The van der Waals surface area contributed by atoms with Gasteiger partial charge < -0.3 is 5.73 Å². The topological polar surface area (TPSA) is 67.4 Å². The first-order valence-corrected chi connectivity index (χ1v) is 10.3. The predicted molar refractivity (Wildman–Crippen MR) is 109 cm³/mol. The fourth-order valence-corrected chi connectivity index (χ4v) is 5.28. The smallest absolute Gasteiger partial charge is 0.230 e. The molecule has 0 aliphatic carbocycles. The van der Waals surface area contributed by atoms with E-state index in [1.165, 1.54) is 23.1 Å². The Morgan fingerprint density at radius 1 is 1.11 bits per heavy atom. The number of thioether (sulfide) groups is 1. The van der Waals surface area contributed by atoms with Crippen LogP contribution in [0, 0.1) is 18.6 Å². The molecule has 1 aliphatic rings. The molecule has 0 saturated heterocycles. The maximum atomic E-state index is 14.5. The zero-order valence-electron chi connectivity index (χ0n) is 15.0. The highest BCUT2D eigenvalue weighted by Gasteiger charge is 2.47. The van der Waals surface area contributed by atoms with Crippen LogP contribution in [0.15, 0.2) is 53.6 Å². The van der Waals surface area contributed by atoms with Crippen LogP contribution in [0.3, 0.4) is 0 Å². The number of halogens is 2. The van der Waals surface area contributed by atoms with Gasteiger partial charge in [-0.05, 0) is 43.7 Å². The molecular formula is C19H17F2N5S2. The molecule has 2 N–H and O–H groups in total. The maximum Gasteiger partial charge on any atom is 0.230 e. The van der Waals surface area contributed by atoms with Crippen LogP contribution in [0.2, 0.25) is 0 Å². The molecule has 0 fully saturated rings. The lowest BCUT2D eigenvalue weighted by atomic mass is 10.0. The number of hydrogen-bond acceptors (Lipinski definition) is 7. The first-order chi connectivity index (χ1) is 13.5. The summed E-state index contributed by atoms with van der Waals surface area (Å²) in [6.07, 6.45) is 0.532. The molecule has 0 spiro atoms. The quantitative estimate of drug-likeness (QED) is 0.673. The molecule has 0 amide bonds. The summed E-state index contributed by atoms with van der Waals surface area (Å²) >= 11 is 2.74. The summed E-state index contributed by atoms with van der Waals surface area (Å²) in [4.78, 5) is -0.726. The van der Waals surface area contributed by atoms with Crippen molar-refractivity contribution in [2.75, 3.05) is 11.6 Å². The number of aromatic nitrogens is 2. The Morgan fingerprint density at radius 3 is 2.57 bits per heavy atom. The molecule has 5 nitrogen and oxygen atoms in total. The fraction of sp³-hybridized carbons (Fsp3) is 0.211. The minimum Gasteiger partial charge on any atom is -0.330 e. The van der Waals surface area contributed by atoms with E-state index in [2.05, 4.69) is 15.3 Å². The molecule has 2 heterocycles. The van der Waals surface area contributed by atoms with Crippen LogP contribution in [-0.2, 0) is 4.87 Å². The molecule has 1 unspecified atom stereocenters. The van der Waals surface area contributed by atoms with Gasteiger partial charge in [0.2, 0.25) is 5.13 Å². The summed E-state index contributed by atoms with van der Waals surface area (Å²) in [5, 5.41) is 16.5. The second kappa shape index (κ2) is 7.57. The van der Waals surface area contributed by atoms with Gasteiger partial charge in [-0.3, -0.25) is 0 Å². The van der Waals surface area contributed by atoms with Crippen LogP contribution in [0.1, 0.15) is 22.6 Å². The van der Waals surface area contributed by atoms with E-state index < -0.39 is 16.5 Å². The molecule has 1 atom stereocenters. The average molecular weight is 418 g/mol. The molecule has 0 saturated carbocycles. The third-order valence-electron chi connectivity index (χ3n) is 4.36. The van der Waals surface area contributed by atoms with E-state index >= 15 is 0 Å². The van der Waals surface area contributed by atoms with Crippen LogP contribution in [0.4, 0.5) is 13.9 Å². The van der Waals surface area contributed by atoms with E-state index in [1.54, 1.807) is 5.01 Å². The zero-order chi connectivity index (χ0) is 19.7. The van der Waals surface area contributed by atoms with E-state index in [0.29, 0.717) is 23.1 Å². The van der Waals surface area contributed by atoms with Gasteiger partial charge in [-0.25, -0.2) is 13.8 Å². The summed E-state index contributed by atoms with van der Waals surface area (Å²) in [6, 6.07) is 13.1. The highest BCUT2D eigenvalue weighted by Crippen LogP contribution is 2.51. The number of aryl methyl sites for hydroxylation is 1. The van der Waals surface area contributed by atoms with Gasteiger partial charge in [0.1, 0.15) is 26.6 Å². The van der Waals surface area contributed by atoms with Crippen molar-refractivity contribution in [2.24, 2.45) is 10.8 Å². The molecule has 4 rings (SSSR count). The van der Waals surface area contributed by atoms with Gasteiger partial charge in [-0.2, -0.15) is 5.10 Å². The molecular weight excluding hydrogens is 400 g/mol. The number of hydrogen-bond donors (Lipinski definition) is 1. The average Bonchev–Trinajstić information content (AvgIpc) is 3.29. The normalized spacial score (nSPS) is 19.1. The third kappa shape index (κ3) is 3.30. The van der Waals surface area contributed by atoms with E-state index in [9.17, 15) is 8.78 Å². The van der Waals surface area contributed by atoms with Crippen LogP contribution < -0.4 is 10.7 Å². The fourth-order valence-electron chi connectivity index (χ4n) is 3.11. The van der Waals surface area contributed by atoms with Gasteiger partial charge in [-0.1, -0.05) is 53.4 Å². The lowest BCUT2D eigenvalue weighted by Crippen LogP contribution is -2.39. The molecule has 1 aromatic heterocycles. The number of benzene rings is 2. The van der Waals surface area contributed by atoms with Crippen LogP contribution in [0.5, 0.6) is 0 Å². The predicted octanol–water partition coefficient (Wildman–Crippen LogP) is 4.24. The van der Waals surface area contributed by atoms with E-state index in [-0.39, 0.29) is 5.56 Å². The zero-order valence-corrected chi connectivity index (χ0v) is 16.6. The highest BCUT2D eigenvalue weighted by atomic mass is 32.2. The summed E-state index contributed by atoms with van der Waals surface area (Å²) in [5.74, 6) is -1.05. The Labute approximate surface area is 169 Å². The standard InChI is InChI=1S/C19H17F2N5S2/c1-12-23-24-18(27-12)26-19(9-10-22,13-5-3-2-4-6-13)28-17(25-26)15-11-14(20)7-8-16(15)21/h2-8,11H,9-10,22H2,1H3. The number of rotatable bonds is 5. The first kappa shape index (κ1) is 19.0. The van der Waals surface area contributed by atoms with Crippen molar-refractivity contribution < 1.29 is 8.78 Å². The Morgan fingerprint density at radius 2 is 1.89 bits per heavy atom. The molecule has 9 heteroatoms. The van der Waals surface area contributed by atoms with Crippen LogP contribution in [-0.4, -0.2) is 21.8 Å². The van der Waals surface area contributed by atoms with Crippen molar-refractivity contribution in [1.29, 1.82) is 0 Å². The SMILES string of the molecule is Cc1nnc(N2N=C(c3cc(F)ccc3F)SC2(CCN)c2ccccc2)s1. The monoisotopic (exact) mass is 417 g/mol. The van der Waals surface area contributed by atoms with Crippen LogP contribution in [0.25, 0.3) is 0 Å². The summed E-state index contributed by atoms with van der Waals surface area (Å²) < 4.78 is 28.3. The summed E-state index contributed by atoms with van der Waals surface area (Å²) in [7, 11) is 0. The lowest BCUT2D eigenvalue weighted by Gasteiger charge is -2.35. The van der Waals surface area contributed by atoms with E-state index in [0.717, 1.165) is 28.8 Å². The second-order valence-corrected chi connectivity index (χ2v) is 8.66. The van der Waals surface area contributed by atoms with Crippen molar-refractivity contribution in [2.45, 2.75) is 18.2 Å². The van der Waals surface area contributed by atoms with Gasteiger partial charge in [0.25, 0.3) is 0 Å². The molecule has 0 bridgehead atoms. The number of nitrogens with two attached hydrogens (primary N) is 1. The van der Waals surface area contributed by atoms with Crippen molar-refractivity contribution in [3.63, 3.8) is 0 Å². The largest absolute Gasteiger partial charge is 0.330 e. The van der Waals surface area contributed by atoms with E-state index in [1.807, 2.05) is 37.3 Å². The van der Waals surface area contributed by atoms with Crippen molar-refractivity contribution in [3.8, 4) is 0 Å². The minimum absolute atomic E-state index is 0.117. The van der Waals surface area contributed by atoms with Crippen molar-refractivity contribution >= 4 is 33.3 Å². The molecule has 144 valence electrons. The first-order valence-electron chi connectivity index (χ1n) is 8.62. The Balaban J connectivity index is 1.89. The van der Waals surface area contributed by atoms with Gasteiger partial charge in [0, 0.05) is 5.56 Å². The number of nitrogens with zero attached hydrogens (tertiary/aromatic N) is 4. The van der Waals surface area contributed by atoms with Crippen molar-refractivity contribution in [3.05, 3.63) is 76.3 Å². The van der Waals surface area contributed by atoms with Gasteiger partial charge in [-0.15, -0.1) is 10.2 Å². The Kier molecular flexibility index (Phi) is 5.13. The lowest BCUT2D eigenvalue weighted by molar-refractivity contribution is 0.550. The van der Waals surface area contributed by atoms with Gasteiger partial charge in [0.05, 0.1) is 0 Å². The van der Waals surface area contributed by atoms with E-state index in [4.69, 9.17) is 5.73 Å². The highest BCUT2D eigenvalue weighted by molar-refractivity contribution is 8.15. The number of anilines is 1. The molecule has 3 aromatic rings. The number of hydrazone groups is 1. The minimum atomic E-state index is -0.726. The maximum absolute atomic E-state index is 14.5. The van der Waals surface area contributed by atoms with Gasteiger partial charge in [0.15, 0.2) is 0 Å². The summed E-state index contributed by atoms with van der Waals surface area (Å²) in [5.41, 5.74) is 7.03.